The minimum absolute atomic E-state index is 0.0294. The summed E-state index contributed by atoms with van der Waals surface area (Å²) in [5, 5.41) is 13.7. The molecule has 3 aromatic carbocycles. The lowest BCUT2D eigenvalue weighted by Crippen LogP contribution is -2.38. The highest BCUT2D eigenvalue weighted by atomic mass is 32.2. The number of fused-ring (bicyclic) bond motifs is 1. The number of amides is 1. The first-order chi connectivity index (χ1) is 16.7. The van der Waals surface area contributed by atoms with Gasteiger partial charge < -0.3 is 5.32 Å². The lowest BCUT2D eigenvalue weighted by Gasteiger charge is -2.24. The number of aromatic nitrogens is 1. The van der Waals surface area contributed by atoms with Crippen LogP contribution in [0.5, 0.6) is 0 Å². The summed E-state index contributed by atoms with van der Waals surface area (Å²) in [7, 11) is -4.15. The van der Waals surface area contributed by atoms with E-state index in [2.05, 4.69) is 5.32 Å². The summed E-state index contributed by atoms with van der Waals surface area (Å²) in [6.45, 7) is 1.81. The Morgan fingerprint density at radius 3 is 2.40 bits per heavy atom. The zero-order valence-electron chi connectivity index (χ0n) is 18.5. The quantitative estimate of drug-likeness (QED) is 0.282. The summed E-state index contributed by atoms with van der Waals surface area (Å²) in [4.78, 5) is 35.3. The Hall–Kier alpha value is -4.03. The molecule has 0 aliphatic rings. The van der Waals surface area contributed by atoms with Crippen molar-refractivity contribution in [3.8, 4) is 0 Å². The number of benzene rings is 3. The van der Waals surface area contributed by atoms with E-state index in [1.165, 1.54) is 36.4 Å². The zero-order valence-corrected chi connectivity index (χ0v) is 20.1. The van der Waals surface area contributed by atoms with Crippen LogP contribution in [0, 0.1) is 10.1 Å². The highest BCUT2D eigenvalue weighted by Gasteiger charge is 2.27. The van der Waals surface area contributed by atoms with Crippen LogP contribution < -0.4 is 14.5 Å². The molecule has 0 spiro atoms. The van der Waals surface area contributed by atoms with Crippen LogP contribution in [-0.2, 0) is 21.4 Å². The van der Waals surface area contributed by atoms with E-state index < -0.39 is 27.4 Å². The van der Waals surface area contributed by atoms with Crippen molar-refractivity contribution in [2.75, 3.05) is 16.2 Å². The molecule has 0 fully saturated rings. The van der Waals surface area contributed by atoms with Gasteiger partial charge >= 0.3 is 4.87 Å². The normalized spacial score (nSPS) is 11.3. The third kappa shape index (κ3) is 4.93. The van der Waals surface area contributed by atoms with Crippen LogP contribution in [0.1, 0.15) is 6.92 Å². The molecule has 1 amide bonds. The van der Waals surface area contributed by atoms with Gasteiger partial charge in [0.25, 0.3) is 15.7 Å². The minimum Gasteiger partial charge on any atom is -0.324 e. The average Bonchev–Trinajstić information content (AvgIpc) is 3.17. The van der Waals surface area contributed by atoms with Gasteiger partial charge in [-0.1, -0.05) is 29.5 Å². The van der Waals surface area contributed by atoms with E-state index in [0.29, 0.717) is 16.9 Å². The molecule has 0 bridgehead atoms. The Morgan fingerprint density at radius 1 is 1.09 bits per heavy atom. The average molecular weight is 513 g/mol. The summed E-state index contributed by atoms with van der Waals surface area (Å²) >= 11 is 1.06. The van der Waals surface area contributed by atoms with Crippen LogP contribution in [0.2, 0.25) is 0 Å². The molecule has 1 N–H and O–H groups in total. The summed E-state index contributed by atoms with van der Waals surface area (Å²) < 4.78 is 29.9. The number of aryl methyl sites for hydroxylation is 1. The van der Waals surface area contributed by atoms with Gasteiger partial charge in [-0.05, 0) is 49.4 Å². The molecule has 0 radical (unpaired) electrons. The van der Waals surface area contributed by atoms with E-state index in [-0.39, 0.29) is 21.1 Å². The van der Waals surface area contributed by atoms with E-state index >= 15 is 0 Å². The number of non-ortho nitro benzene ring substituents is 1. The molecule has 4 aromatic rings. The number of nitrogens with zero attached hydrogens (tertiary/aromatic N) is 3. The van der Waals surface area contributed by atoms with Gasteiger partial charge in [0.2, 0.25) is 5.91 Å². The third-order valence-electron chi connectivity index (χ3n) is 5.24. The number of nitro groups is 1. The van der Waals surface area contributed by atoms with Gasteiger partial charge in [0, 0.05) is 24.4 Å². The topological polar surface area (TPSA) is 132 Å². The van der Waals surface area contributed by atoms with Crippen molar-refractivity contribution in [1.29, 1.82) is 0 Å². The molecule has 35 heavy (non-hydrogen) atoms. The number of carbonyl (C=O) groups is 1. The van der Waals surface area contributed by atoms with Crippen LogP contribution in [0.15, 0.2) is 82.5 Å². The van der Waals surface area contributed by atoms with E-state index in [4.69, 9.17) is 0 Å². The van der Waals surface area contributed by atoms with Crippen LogP contribution in [-0.4, -0.2) is 30.4 Å². The molecule has 0 aliphatic heterocycles. The van der Waals surface area contributed by atoms with Gasteiger partial charge in [-0.2, -0.15) is 0 Å². The highest BCUT2D eigenvalue weighted by molar-refractivity contribution is 7.92. The maximum atomic E-state index is 13.4. The van der Waals surface area contributed by atoms with Crippen molar-refractivity contribution >= 4 is 54.5 Å². The lowest BCUT2D eigenvalue weighted by molar-refractivity contribution is -0.384. The fraction of sp³-hybridized carbons (Fsp3) is 0.130. The number of anilines is 2. The van der Waals surface area contributed by atoms with Crippen LogP contribution in [0.4, 0.5) is 17.1 Å². The zero-order chi connectivity index (χ0) is 25.2. The van der Waals surface area contributed by atoms with Gasteiger partial charge in [0.05, 0.1) is 25.7 Å². The Labute approximate surface area is 204 Å². The molecule has 0 atom stereocenters. The smallest absolute Gasteiger partial charge is 0.308 e. The van der Waals surface area contributed by atoms with Crippen molar-refractivity contribution < 1.29 is 18.1 Å². The predicted octanol–water partition coefficient (Wildman–Crippen LogP) is 3.83. The molecule has 0 unspecified atom stereocenters. The molecular weight excluding hydrogens is 492 g/mol. The standard InChI is InChI=1S/C23H20N4O6S2/c1-2-25-20-13-8-16(14-21(20)34-23(25)29)24-22(28)15-26(17-9-11-18(12-10-17)27(30)31)35(32,33)19-6-4-3-5-7-19/h3-14H,2,15H2,1H3,(H,24,28). The molecule has 1 aromatic heterocycles. The first kappa shape index (κ1) is 24.1. The Bertz CT molecular complexity index is 1560. The van der Waals surface area contributed by atoms with Crippen molar-refractivity contribution in [2.24, 2.45) is 0 Å². The van der Waals surface area contributed by atoms with Crippen LogP contribution in [0.3, 0.4) is 0 Å². The number of sulfonamides is 1. The minimum atomic E-state index is -4.15. The molecule has 4 rings (SSSR count). The van der Waals surface area contributed by atoms with Crippen LogP contribution >= 0.6 is 11.3 Å². The fourth-order valence-corrected chi connectivity index (χ4v) is 5.99. The molecule has 12 heteroatoms. The number of nitrogens with one attached hydrogen (secondary N) is 1. The molecule has 0 aliphatic carbocycles. The van der Waals surface area contributed by atoms with Gasteiger partial charge in [0.1, 0.15) is 6.54 Å². The molecule has 0 saturated carbocycles. The monoisotopic (exact) mass is 512 g/mol. The first-order valence-electron chi connectivity index (χ1n) is 10.5. The Morgan fingerprint density at radius 2 is 1.77 bits per heavy atom. The molecule has 180 valence electrons. The van der Waals surface area contributed by atoms with E-state index in [0.717, 1.165) is 21.2 Å². The fourth-order valence-electron chi connectivity index (χ4n) is 3.55. The summed E-state index contributed by atoms with van der Waals surface area (Å²) in [5.41, 5.74) is 1.05. The van der Waals surface area contributed by atoms with Crippen molar-refractivity contribution in [1.82, 2.24) is 4.57 Å². The third-order valence-corrected chi connectivity index (χ3v) is 7.97. The number of carbonyl (C=O) groups excluding carboxylic acids is 1. The van der Waals surface area contributed by atoms with Gasteiger partial charge in [-0.15, -0.1) is 0 Å². The number of rotatable bonds is 8. The number of hydrogen-bond donors (Lipinski definition) is 1. The summed E-state index contributed by atoms with van der Waals surface area (Å²) in [6.07, 6.45) is 0. The molecular formula is C23H20N4O6S2. The molecule has 0 saturated heterocycles. The Kier molecular flexibility index (Phi) is 6.67. The van der Waals surface area contributed by atoms with Gasteiger partial charge in [0.15, 0.2) is 0 Å². The molecule has 10 nitrogen and oxygen atoms in total. The summed E-state index contributed by atoms with van der Waals surface area (Å²) in [5.74, 6) is -0.621. The second kappa shape index (κ2) is 9.68. The number of hydrogen-bond acceptors (Lipinski definition) is 7. The largest absolute Gasteiger partial charge is 0.324 e. The second-order valence-corrected chi connectivity index (χ2v) is 10.3. The van der Waals surface area contributed by atoms with Crippen LogP contribution in [0.25, 0.3) is 10.2 Å². The predicted molar refractivity (Wildman–Crippen MR) is 134 cm³/mol. The van der Waals surface area contributed by atoms with E-state index in [9.17, 15) is 28.1 Å². The van der Waals surface area contributed by atoms with Crippen molar-refractivity contribution in [2.45, 2.75) is 18.4 Å². The van der Waals surface area contributed by atoms with E-state index in [1.54, 1.807) is 41.0 Å². The maximum absolute atomic E-state index is 13.4. The number of nitro benzene ring substituents is 1. The van der Waals surface area contributed by atoms with E-state index in [1.807, 2.05) is 6.92 Å². The summed E-state index contributed by atoms with van der Waals surface area (Å²) in [6, 6.07) is 17.5. The molecule has 1 heterocycles. The van der Waals surface area contributed by atoms with Gasteiger partial charge in [-0.3, -0.25) is 28.6 Å². The van der Waals surface area contributed by atoms with Crippen molar-refractivity contribution in [3.05, 3.63) is 92.6 Å². The Balaban J connectivity index is 1.65. The van der Waals surface area contributed by atoms with Crippen molar-refractivity contribution in [3.63, 3.8) is 0 Å². The lowest BCUT2D eigenvalue weighted by atomic mass is 10.2. The second-order valence-electron chi connectivity index (χ2n) is 7.44. The first-order valence-corrected chi connectivity index (χ1v) is 12.7. The maximum Gasteiger partial charge on any atom is 0.308 e. The van der Waals surface area contributed by atoms with Gasteiger partial charge in [-0.25, -0.2) is 8.42 Å². The highest BCUT2D eigenvalue weighted by Crippen LogP contribution is 2.26. The SMILES string of the molecule is CCn1c(=O)sc2cc(NC(=O)CN(c3ccc([N+](=O)[O-])cc3)S(=O)(=O)c3ccccc3)ccc21. The number of thiazole rings is 1.